The van der Waals surface area contributed by atoms with Gasteiger partial charge in [-0.3, -0.25) is 14.5 Å². The molecule has 5 nitrogen and oxygen atoms in total. The van der Waals surface area contributed by atoms with E-state index in [9.17, 15) is 22.8 Å². The van der Waals surface area contributed by atoms with E-state index in [1.165, 1.54) is 6.07 Å². The first-order valence-corrected chi connectivity index (χ1v) is 11.7. The van der Waals surface area contributed by atoms with Crippen molar-refractivity contribution in [3.63, 3.8) is 0 Å². The highest BCUT2D eigenvalue weighted by molar-refractivity contribution is 8.18. The van der Waals surface area contributed by atoms with E-state index in [1.807, 2.05) is 0 Å². The van der Waals surface area contributed by atoms with Gasteiger partial charge in [-0.1, -0.05) is 17.7 Å². The molecule has 1 aliphatic heterocycles. The van der Waals surface area contributed by atoms with Crippen LogP contribution in [0.25, 0.3) is 11.8 Å². The molecule has 0 radical (unpaired) electrons. The lowest BCUT2D eigenvalue weighted by atomic mass is 10.2. The van der Waals surface area contributed by atoms with Gasteiger partial charge in [-0.25, -0.2) is 0 Å². The lowest BCUT2D eigenvalue weighted by Gasteiger charge is -2.13. The SMILES string of the molecule is Cc1cc(/C=C2\SC(=O)N(CCOc3ccc(Cl)cc3)C2=O)c(C)n1-c1cccc(C(F)(F)F)c1. The Morgan fingerprint density at radius 2 is 1.77 bits per heavy atom. The molecule has 35 heavy (non-hydrogen) atoms. The third-order valence-corrected chi connectivity index (χ3v) is 6.62. The third kappa shape index (κ3) is 5.41. The Morgan fingerprint density at radius 1 is 1.06 bits per heavy atom. The normalized spacial score (nSPS) is 15.4. The standard InChI is InChI=1S/C25H20ClF3N2O3S/c1-15-12-17(16(2)31(15)20-5-3-4-18(14-20)25(27,28)29)13-22-23(32)30(24(33)35-22)10-11-34-21-8-6-19(26)7-9-21/h3-9,12-14H,10-11H2,1-2H3/b22-13-. The molecular formula is C25H20ClF3N2O3S. The molecule has 2 heterocycles. The van der Waals surface area contributed by atoms with Crippen LogP contribution in [-0.2, 0) is 11.0 Å². The highest BCUT2D eigenvalue weighted by Crippen LogP contribution is 2.35. The molecule has 0 unspecified atom stereocenters. The van der Waals surface area contributed by atoms with Crippen molar-refractivity contribution in [1.29, 1.82) is 0 Å². The minimum Gasteiger partial charge on any atom is -0.492 e. The van der Waals surface area contributed by atoms with Gasteiger partial charge in [0.2, 0.25) is 0 Å². The number of aryl methyl sites for hydroxylation is 1. The maximum atomic E-state index is 13.2. The van der Waals surface area contributed by atoms with Gasteiger partial charge in [0.25, 0.3) is 11.1 Å². The Hall–Kier alpha value is -3.17. The second-order valence-electron chi connectivity index (χ2n) is 7.85. The van der Waals surface area contributed by atoms with Gasteiger partial charge in [-0.2, -0.15) is 13.2 Å². The number of carbonyl (C=O) groups excluding carboxylic acids is 2. The number of rotatable bonds is 6. The van der Waals surface area contributed by atoms with Gasteiger partial charge in [-0.15, -0.1) is 0 Å². The van der Waals surface area contributed by atoms with Crippen LogP contribution in [0.4, 0.5) is 18.0 Å². The Bertz CT molecular complexity index is 1320. The quantitative estimate of drug-likeness (QED) is 0.332. The zero-order valence-corrected chi connectivity index (χ0v) is 20.3. The molecule has 10 heteroatoms. The summed E-state index contributed by atoms with van der Waals surface area (Å²) in [5.74, 6) is 0.127. The zero-order valence-electron chi connectivity index (χ0n) is 18.7. The molecule has 2 amide bonds. The van der Waals surface area contributed by atoms with Crippen LogP contribution < -0.4 is 4.74 Å². The Labute approximate surface area is 209 Å². The summed E-state index contributed by atoms with van der Waals surface area (Å²) < 4.78 is 46.8. The summed E-state index contributed by atoms with van der Waals surface area (Å²) in [6.07, 6.45) is -2.86. The molecule has 182 valence electrons. The van der Waals surface area contributed by atoms with Crippen LogP contribution in [0.2, 0.25) is 5.02 Å². The number of hydrogen-bond donors (Lipinski definition) is 0. The Morgan fingerprint density at radius 3 is 2.46 bits per heavy atom. The lowest BCUT2D eigenvalue weighted by Crippen LogP contribution is -2.32. The van der Waals surface area contributed by atoms with E-state index in [0.29, 0.717) is 33.4 Å². The van der Waals surface area contributed by atoms with Gasteiger partial charge in [0, 0.05) is 22.1 Å². The van der Waals surface area contributed by atoms with Gasteiger partial charge in [-0.05, 0) is 85.8 Å². The van der Waals surface area contributed by atoms with Crippen LogP contribution in [0.15, 0.2) is 59.5 Å². The maximum Gasteiger partial charge on any atom is 0.416 e. The molecule has 0 bridgehead atoms. The molecule has 0 atom stereocenters. The van der Waals surface area contributed by atoms with E-state index in [2.05, 4.69) is 0 Å². The summed E-state index contributed by atoms with van der Waals surface area (Å²) in [7, 11) is 0. The number of carbonyl (C=O) groups is 2. The molecule has 1 aliphatic rings. The van der Waals surface area contributed by atoms with Crippen molar-refractivity contribution in [2.75, 3.05) is 13.2 Å². The van der Waals surface area contributed by atoms with E-state index >= 15 is 0 Å². The molecule has 2 aromatic carbocycles. The number of alkyl halides is 3. The number of hydrogen-bond acceptors (Lipinski definition) is 4. The molecular weight excluding hydrogens is 501 g/mol. The molecule has 1 saturated heterocycles. The van der Waals surface area contributed by atoms with Gasteiger partial charge in [0.05, 0.1) is 17.0 Å². The van der Waals surface area contributed by atoms with E-state index in [4.69, 9.17) is 16.3 Å². The molecule has 3 aromatic rings. The number of imide groups is 1. The predicted molar refractivity (Wildman–Crippen MR) is 130 cm³/mol. The fraction of sp³-hybridized carbons (Fsp3) is 0.200. The predicted octanol–water partition coefficient (Wildman–Crippen LogP) is 6.88. The fourth-order valence-electron chi connectivity index (χ4n) is 3.77. The monoisotopic (exact) mass is 520 g/mol. The van der Waals surface area contributed by atoms with Crippen molar-refractivity contribution >= 4 is 40.6 Å². The number of aromatic nitrogens is 1. The van der Waals surface area contributed by atoms with Crippen LogP contribution in [0.3, 0.4) is 0 Å². The second kappa shape index (κ2) is 9.83. The van der Waals surface area contributed by atoms with E-state index < -0.39 is 22.9 Å². The highest BCUT2D eigenvalue weighted by atomic mass is 35.5. The molecule has 0 N–H and O–H groups in total. The molecule has 4 rings (SSSR count). The van der Waals surface area contributed by atoms with Crippen LogP contribution >= 0.6 is 23.4 Å². The van der Waals surface area contributed by atoms with Crippen molar-refractivity contribution in [2.24, 2.45) is 0 Å². The largest absolute Gasteiger partial charge is 0.492 e. The maximum absolute atomic E-state index is 13.2. The molecule has 1 fully saturated rings. The average molecular weight is 521 g/mol. The number of benzene rings is 2. The first-order chi connectivity index (χ1) is 16.5. The first kappa shape index (κ1) is 24.9. The highest BCUT2D eigenvalue weighted by Gasteiger charge is 2.35. The second-order valence-corrected chi connectivity index (χ2v) is 9.28. The van der Waals surface area contributed by atoms with Crippen molar-refractivity contribution in [1.82, 2.24) is 9.47 Å². The Balaban J connectivity index is 1.51. The van der Waals surface area contributed by atoms with E-state index in [-0.39, 0.29) is 18.1 Å². The zero-order chi connectivity index (χ0) is 25.3. The average Bonchev–Trinajstić information content (AvgIpc) is 3.23. The summed E-state index contributed by atoms with van der Waals surface area (Å²) in [6, 6.07) is 13.6. The van der Waals surface area contributed by atoms with Crippen molar-refractivity contribution < 1.29 is 27.5 Å². The summed E-state index contributed by atoms with van der Waals surface area (Å²) >= 11 is 6.66. The minimum absolute atomic E-state index is 0.0773. The molecule has 0 aliphatic carbocycles. The topological polar surface area (TPSA) is 51.5 Å². The first-order valence-electron chi connectivity index (χ1n) is 10.5. The molecule has 0 saturated carbocycles. The number of nitrogens with zero attached hydrogens (tertiary/aromatic N) is 2. The lowest BCUT2D eigenvalue weighted by molar-refractivity contribution is -0.137. The number of ether oxygens (including phenoxy) is 1. The summed E-state index contributed by atoms with van der Waals surface area (Å²) in [6.45, 7) is 3.72. The van der Waals surface area contributed by atoms with Crippen LogP contribution in [0, 0.1) is 13.8 Å². The number of amides is 2. The van der Waals surface area contributed by atoms with Crippen molar-refractivity contribution in [3.8, 4) is 11.4 Å². The van der Waals surface area contributed by atoms with E-state index in [1.54, 1.807) is 60.9 Å². The summed E-state index contributed by atoms with van der Waals surface area (Å²) in [5, 5.41) is 0.161. The van der Waals surface area contributed by atoms with Crippen molar-refractivity contribution in [2.45, 2.75) is 20.0 Å². The summed E-state index contributed by atoms with van der Waals surface area (Å²) in [5.41, 5.74) is 1.61. The molecule has 0 spiro atoms. The summed E-state index contributed by atoms with van der Waals surface area (Å²) in [4.78, 5) is 26.6. The number of thioether (sulfide) groups is 1. The van der Waals surface area contributed by atoms with Gasteiger partial charge in [0.15, 0.2) is 0 Å². The smallest absolute Gasteiger partial charge is 0.416 e. The van der Waals surface area contributed by atoms with Crippen molar-refractivity contribution in [3.05, 3.63) is 87.0 Å². The van der Waals surface area contributed by atoms with E-state index in [0.717, 1.165) is 28.8 Å². The van der Waals surface area contributed by atoms with Crippen LogP contribution in [0.5, 0.6) is 5.75 Å². The van der Waals surface area contributed by atoms with Crippen LogP contribution in [-0.4, -0.2) is 33.8 Å². The van der Waals surface area contributed by atoms with Gasteiger partial charge < -0.3 is 9.30 Å². The minimum atomic E-state index is -4.45. The van der Waals surface area contributed by atoms with Gasteiger partial charge >= 0.3 is 6.18 Å². The van der Waals surface area contributed by atoms with Gasteiger partial charge in [0.1, 0.15) is 12.4 Å². The third-order valence-electron chi connectivity index (χ3n) is 5.46. The number of halogens is 4. The Kier molecular flexibility index (Phi) is 7.00. The fourth-order valence-corrected chi connectivity index (χ4v) is 4.75. The molecule has 1 aromatic heterocycles. The van der Waals surface area contributed by atoms with Crippen LogP contribution in [0.1, 0.15) is 22.5 Å².